The molecule has 0 nitrogen and oxygen atoms in total. The molecule has 0 radical (unpaired) electrons. The van der Waals surface area contributed by atoms with Crippen molar-refractivity contribution in [3.63, 3.8) is 0 Å². The summed E-state index contributed by atoms with van der Waals surface area (Å²) >= 11 is 0. The Morgan fingerprint density at radius 3 is 0.429 bits per heavy atom. The Balaban J connectivity index is 0. The first-order chi connectivity index (χ1) is 0. The first-order valence-corrected chi connectivity index (χ1v) is 0. The molecule has 7 heavy (non-hydrogen) atoms. The molecule has 0 saturated carbocycles. The van der Waals surface area contributed by atoms with Gasteiger partial charge in [0.25, 0.3) is 0 Å². The molecule has 0 bridgehead atoms. The Kier molecular flexibility index (Phi) is 1820. The van der Waals surface area contributed by atoms with Crippen LogP contribution in [0.3, 0.4) is 0 Å². The second kappa shape index (κ2) is 93.4. The molecule has 0 saturated heterocycles. The van der Waals surface area contributed by atoms with Crippen molar-refractivity contribution in [3.8, 4) is 0 Å². The van der Waals surface area contributed by atoms with Crippen molar-refractivity contribution in [2.24, 2.45) is 0 Å². The summed E-state index contributed by atoms with van der Waals surface area (Å²) in [5.74, 6) is 0. The minimum absolute atomic E-state index is 0. The molecule has 0 fully saturated rings. The molecule has 0 spiro atoms. The van der Waals surface area contributed by atoms with Crippen molar-refractivity contribution >= 4 is 23.9 Å². The molecule has 0 aromatic carbocycles. The number of hydrogen-bond donors (Lipinski definition) is 0. The van der Waals surface area contributed by atoms with Crippen molar-refractivity contribution in [1.29, 1.82) is 0 Å². The molecule has 0 aliphatic rings. The SMILES string of the molecule is [F-].[F-].[F-].[F-].[F-].[K+].[Sn+4]. The van der Waals surface area contributed by atoms with Gasteiger partial charge in [-0.05, 0) is 0 Å². The van der Waals surface area contributed by atoms with Crippen LogP contribution in [0.15, 0.2) is 0 Å². The van der Waals surface area contributed by atoms with E-state index in [2.05, 4.69) is 0 Å². The standard InChI is InChI=1S/5FH.K.Sn/h5*1H;;/q;;;;;+1;+4/p-5. The molecule has 40 valence electrons. The summed E-state index contributed by atoms with van der Waals surface area (Å²) in [6.07, 6.45) is 0. The smallest absolute Gasteiger partial charge is 1.00 e. The van der Waals surface area contributed by atoms with Crippen LogP contribution in [0.1, 0.15) is 0 Å². The van der Waals surface area contributed by atoms with Crippen molar-refractivity contribution in [1.82, 2.24) is 0 Å². The molecule has 0 unspecified atom stereocenters. The van der Waals surface area contributed by atoms with Gasteiger partial charge >= 0.3 is 75.3 Å². The van der Waals surface area contributed by atoms with Crippen LogP contribution in [0, 0.1) is 0 Å². The van der Waals surface area contributed by atoms with E-state index in [4.69, 9.17) is 0 Å². The Hall–Kier alpha value is 2.09. The van der Waals surface area contributed by atoms with Crippen LogP contribution in [-0.2, 0) is 0 Å². The largest absolute Gasteiger partial charge is 4.00 e. The van der Waals surface area contributed by atoms with Gasteiger partial charge in [-0.2, -0.15) is 0 Å². The second-order valence-corrected chi connectivity index (χ2v) is 0. The van der Waals surface area contributed by atoms with Crippen LogP contribution < -0.4 is 74.9 Å². The Labute approximate surface area is 97.0 Å². The van der Waals surface area contributed by atoms with E-state index in [1.54, 1.807) is 0 Å². The number of rotatable bonds is 0. The van der Waals surface area contributed by atoms with E-state index >= 15 is 0 Å². The predicted octanol–water partition coefficient (Wildman–Crippen LogP) is -18.4. The van der Waals surface area contributed by atoms with Gasteiger partial charge in [0.15, 0.2) is 0 Å². The monoisotopic (exact) mass is 254 g/mol. The summed E-state index contributed by atoms with van der Waals surface area (Å²) in [5, 5.41) is 0. The molecule has 0 aliphatic heterocycles. The summed E-state index contributed by atoms with van der Waals surface area (Å²) < 4.78 is 0. The molecule has 0 N–H and O–H groups in total. The maximum atomic E-state index is 0. The van der Waals surface area contributed by atoms with Gasteiger partial charge in [0.05, 0.1) is 0 Å². The molecule has 0 atom stereocenters. The summed E-state index contributed by atoms with van der Waals surface area (Å²) in [6, 6.07) is 0. The van der Waals surface area contributed by atoms with Crippen molar-refractivity contribution in [2.45, 2.75) is 0 Å². The summed E-state index contributed by atoms with van der Waals surface area (Å²) in [4.78, 5) is 0. The fourth-order valence-corrected chi connectivity index (χ4v) is 0. The molecule has 0 aliphatic carbocycles. The van der Waals surface area contributed by atoms with E-state index in [0.29, 0.717) is 0 Å². The summed E-state index contributed by atoms with van der Waals surface area (Å²) in [6.45, 7) is 0. The van der Waals surface area contributed by atoms with Crippen LogP contribution in [0.2, 0.25) is 0 Å². The van der Waals surface area contributed by atoms with Crippen LogP contribution >= 0.6 is 0 Å². The molecular formula is F5KSn. The molecule has 7 heteroatoms. The topological polar surface area (TPSA) is 0 Å². The maximum absolute atomic E-state index is 0. The second-order valence-electron chi connectivity index (χ2n) is 0. The van der Waals surface area contributed by atoms with Crippen LogP contribution in [0.25, 0.3) is 0 Å². The Morgan fingerprint density at radius 2 is 0.429 bits per heavy atom. The zero-order valence-electron chi connectivity index (χ0n) is 3.39. The van der Waals surface area contributed by atoms with Gasteiger partial charge in [0, 0.05) is 0 Å². The third-order valence-corrected chi connectivity index (χ3v) is 0. The average molecular weight is 253 g/mol. The molecule has 0 aromatic rings. The van der Waals surface area contributed by atoms with Crippen LogP contribution in [0.5, 0.6) is 0 Å². The van der Waals surface area contributed by atoms with E-state index in [1.807, 2.05) is 0 Å². The van der Waals surface area contributed by atoms with Gasteiger partial charge in [-0.3, -0.25) is 0 Å². The van der Waals surface area contributed by atoms with Crippen molar-refractivity contribution in [2.75, 3.05) is 0 Å². The molecule has 0 heterocycles. The van der Waals surface area contributed by atoms with E-state index in [-0.39, 0.29) is 98.8 Å². The van der Waals surface area contributed by atoms with Gasteiger partial charge in [-0.25, -0.2) is 0 Å². The van der Waals surface area contributed by atoms with Gasteiger partial charge in [0.1, 0.15) is 0 Å². The molecule has 0 aromatic heterocycles. The third-order valence-electron chi connectivity index (χ3n) is 0. The summed E-state index contributed by atoms with van der Waals surface area (Å²) in [7, 11) is 0. The number of halogens is 5. The van der Waals surface area contributed by atoms with E-state index in [9.17, 15) is 0 Å². The Bertz CT molecular complexity index is 8.04. The van der Waals surface area contributed by atoms with Crippen molar-refractivity contribution in [3.05, 3.63) is 0 Å². The van der Waals surface area contributed by atoms with Crippen LogP contribution in [0.4, 0.5) is 0 Å². The fraction of sp³-hybridized carbons (Fsp3) is 0. The molecule has 0 amide bonds. The number of hydrogen-bond acceptors (Lipinski definition) is 0. The van der Waals surface area contributed by atoms with E-state index < -0.39 is 0 Å². The van der Waals surface area contributed by atoms with Crippen LogP contribution in [-0.4, -0.2) is 23.9 Å². The minimum Gasteiger partial charge on any atom is -1.00 e. The summed E-state index contributed by atoms with van der Waals surface area (Å²) in [5.41, 5.74) is 0. The molecule has 0 rings (SSSR count). The quantitative estimate of drug-likeness (QED) is 0.297. The van der Waals surface area contributed by atoms with E-state index in [0.717, 1.165) is 0 Å². The van der Waals surface area contributed by atoms with Crippen molar-refractivity contribution < 1.29 is 74.9 Å². The maximum Gasteiger partial charge on any atom is 4.00 e. The predicted molar refractivity (Wildman–Crippen MR) is 5.75 cm³/mol. The Morgan fingerprint density at radius 1 is 0.429 bits per heavy atom. The van der Waals surface area contributed by atoms with E-state index in [1.165, 1.54) is 0 Å². The molecular weight excluding hydrogens is 253 g/mol. The average Bonchev–Trinajstić information content (AvgIpc) is 0. The first-order valence-electron chi connectivity index (χ1n) is 0. The van der Waals surface area contributed by atoms with Gasteiger partial charge in [-0.1, -0.05) is 0 Å². The first kappa shape index (κ1) is 137. The van der Waals surface area contributed by atoms with Gasteiger partial charge < -0.3 is 23.5 Å². The third kappa shape index (κ3) is 68.9. The zero-order chi connectivity index (χ0) is 0. The van der Waals surface area contributed by atoms with Gasteiger partial charge in [0.2, 0.25) is 0 Å². The van der Waals surface area contributed by atoms with Gasteiger partial charge in [-0.15, -0.1) is 0 Å². The fourth-order valence-electron chi connectivity index (χ4n) is 0. The normalized spacial score (nSPS) is 0. The zero-order valence-corrected chi connectivity index (χ0v) is 9.37. The minimum atomic E-state index is 0.